The van der Waals surface area contributed by atoms with Gasteiger partial charge in [0.05, 0.1) is 31.6 Å². The van der Waals surface area contributed by atoms with Crippen LogP contribution in [0.3, 0.4) is 0 Å². The number of nitrogens with zero attached hydrogens (tertiary/aromatic N) is 2. The zero-order chi connectivity index (χ0) is 23.2. The zero-order valence-electron chi connectivity index (χ0n) is 19.5. The van der Waals surface area contributed by atoms with Crippen molar-refractivity contribution in [2.24, 2.45) is 0 Å². The van der Waals surface area contributed by atoms with Gasteiger partial charge in [0.15, 0.2) is 11.5 Å². The maximum absolute atomic E-state index is 13.3. The summed E-state index contributed by atoms with van der Waals surface area (Å²) in [6.45, 7) is 6.16. The van der Waals surface area contributed by atoms with Crippen LogP contribution in [-0.2, 0) is 4.74 Å². The molecule has 4 rings (SSSR count). The number of aromatic amines is 1. The van der Waals surface area contributed by atoms with E-state index in [4.69, 9.17) is 14.2 Å². The van der Waals surface area contributed by atoms with E-state index in [0.29, 0.717) is 37.8 Å². The maximum Gasteiger partial charge on any atom is 0.273 e. The molecule has 0 radical (unpaired) electrons. The molecule has 0 fully saturated rings. The molecular weight excluding hydrogens is 418 g/mol. The Labute approximate surface area is 194 Å². The van der Waals surface area contributed by atoms with E-state index in [9.17, 15) is 4.79 Å². The van der Waals surface area contributed by atoms with Crippen LogP contribution in [0.2, 0.25) is 0 Å². The van der Waals surface area contributed by atoms with Crippen molar-refractivity contribution in [1.29, 1.82) is 0 Å². The van der Waals surface area contributed by atoms with Crippen LogP contribution < -0.4 is 9.47 Å². The Morgan fingerprint density at radius 3 is 2.58 bits per heavy atom. The molecule has 1 aromatic heterocycles. The molecule has 7 nitrogen and oxygen atoms in total. The number of unbranched alkanes of at least 4 members (excludes halogenated alkanes) is 1. The van der Waals surface area contributed by atoms with E-state index in [1.807, 2.05) is 60.4 Å². The number of hydrogen-bond donors (Lipinski definition) is 1. The molecule has 33 heavy (non-hydrogen) atoms. The van der Waals surface area contributed by atoms with E-state index in [-0.39, 0.29) is 11.9 Å². The lowest BCUT2D eigenvalue weighted by Crippen LogP contribution is -2.32. The van der Waals surface area contributed by atoms with Gasteiger partial charge in [-0.15, -0.1) is 0 Å². The topological polar surface area (TPSA) is 76.7 Å². The van der Waals surface area contributed by atoms with Crippen LogP contribution in [0.4, 0.5) is 0 Å². The molecule has 0 aliphatic carbocycles. The zero-order valence-corrected chi connectivity index (χ0v) is 19.5. The average Bonchev–Trinajstić information content (AvgIpc) is 3.38. The molecule has 7 heteroatoms. The first-order chi connectivity index (χ1) is 16.2. The van der Waals surface area contributed by atoms with E-state index in [2.05, 4.69) is 17.1 Å². The van der Waals surface area contributed by atoms with Crippen molar-refractivity contribution in [3.63, 3.8) is 0 Å². The molecule has 2 heterocycles. The van der Waals surface area contributed by atoms with Crippen LogP contribution in [0.5, 0.6) is 11.5 Å². The lowest BCUT2D eigenvalue weighted by molar-refractivity contribution is 0.0677. The Balaban J connectivity index is 1.78. The fourth-order valence-electron chi connectivity index (χ4n) is 4.19. The number of methoxy groups -OCH3 is 1. The second-order valence-corrected chi connectivity index (χ2v) is 7.96. The summed E-state index contributed by atoms with van der Waals surface area (Å²) >= 11 is 0. The van der Waals surface area contributed by atoms with E-state index < -0.39 is 0 Å². The summed E-state index contributed by atoms with van der Waals surface area (Å²) in [6, 6.07) is 15.6. The lowest BCUT2D eigenvalue weighted by Gasteiger charge is -2.27. The van der Waals surface area contributed by atoms with Crippen molar-refractivity contribution in [3.05, 3.63) is 65.4 Å². The normalized spacial score (nSPS) is 15.1. The summed E-state index contributed by atoms with van der Waals surface area (Å²) < 4.78 is 17.2. The molecule has 3 aromatic rings. The molecule has 174 valence electrons. The Morgan fingerprint density at radius 1 is 1.03 bits per heavy atom. The number of carbonyl (C=O) groups is 1. The number of carbonyl (C=O) groups excluding carboxylic acids is 1. The van der Waals surface area contributed by atoms with Gasteiger partial charge in [0, 0.05) is 24.8 Å². The predicted molar refractivity (Wildman–Crippen MR) is 127 cm³/mol. The molecule has 1 aliphatic heterocycles. The molecule has 2 aromatic carbocycles. The number of amides is 1. The summed E-state index contributed by atoms with van der Waals surface area (Å²) in [5.41, 5.74) is 4.10. The summed E-state index contributed by atoms with van der Waals surface area (Å²) in [5.74, 6) is 1.32. The number of ether oxygens (including phenoxy) is 3. The van der Waals surface area contributed by atoms with Gasteiger partial charge in [0.25, 0.3) is 5.91 Å². The number of rotatable bonds is 11. The van der Waals surface area contributed by atoms with Crippen LogP contribution in [0.15, 0.2) is 48.5 Å². The molecule has 0 saturated carbocycles. The highest BCUT2D eigenvalue weighted by Crippen LogP contribution is 2.44. The molecule has 1 N–H and O–H groups in total. The van der Waals surface area contributed by atoms with Gasteiger partial charge in [-0.3, -0.25) is 9.89 Å². The SMILES string of the molecule is CCCCOc1ccc(C2c3c(-c4ccccc4)n[nH]c3C(=O)N2CCOC)cc1OCC. The van der Waals surface area contributed by atoms with Crippen molar-refractivity contribution >= 4 is 5.91 Å². The minimum atomic E-state index is -0.305. The molecule has 0 bridgehead atoms. The molecule has 1 unspecified atom stereocenters. The van der Waals surface area contributed by atoms with E-state index >= 15 is 0 Å². The van der Waals surface area contributed by atoms with Gasteiger partial charge in [0.1, 0.15) is 5.69 Å². The molecule has 1 atom stereocenters. The highest BCUT2D eigenvalue weighted by atomic mass is 16.5. The minimum Gasteiger partial charge on any atom is -0.490 e. The van der Waals surface area contributed by atoms with Crippen LogP contribution in [-0.4, -0.2) is 54.5 Å². The third-order valence-corrected chi connectivity index (χ3v) is 5.79. The Morgan fingerprint density at radius 2 is 1.85 bits per heavy atom. The average molecular weight is 450 g/mol. The number of fused-ring (bicyclic) bond motifs is 1. The third kappa shape index (κ3) is 4.59. The smallest absolute Gasteiger partial charge is 0.273 e. The Hall–Kier alpha value is -3.32. The second kappa shape index (κ2) is 10.5. The van der Waals surface area contributed by atoms with Crippen LogP contribution >= 0.6 is 0 Å². The van der Waals surface area contributed by atoms with Gasteiger partial charge in [-0.2, -0.15) is 5.10 Å². The second-order valence-electron chi connectivity index (χ2n) is 7.96. The van der Waals surface area contributed by atoms with Gasteiger partial charge in [-0.1, -0.05) is 49.7 Å². The monoisotopic (exact) mass is 449 g/mol. The Kier molecular flexibility index (Phi) is 7.29. The van der Waals surface area contributed by atoms with Crippen molar-refractivity contribution in [2.45, 2.75) is 32.7 Å². The quantitative estimate of drug-likeness (QED) is 0.424. The van der Waals surface area contributed by atoms with E-state index in [1.54, 1.807) is 7.11 Å². The highest BCUT2D eigenvalue weighted by molar-refractivity contribution is 6.00. The summed E-state index contributed by atoms with van der Waals surface area (Å²) in [6.07, 6.45) is 2.04. The summed E-state index contributed by atoms with van der Waals surface area (Å²) in [4.78, 5) is 15.2. The number of benzene rings is 2. The first-order valence-electron chi connectivity index (χ1n) is 11.5. The van der Waals surface area contributed by atoms with Crippen molar-refractivity contribution in [1.82, 2.24) is 15.1 Å². The largest absolute Gasteiger partial charge is 0.490 e. The van der Waals surface area contributed by atoms with Gasteiger partial charge < -0.3 is 19.1 Å². The van der Waals surface area contributed by atoms with Gasteiger partial charge in [0.2, 0.25) is 0 Å². The van der Waals surface area contributed by atoms with Gasteiger partial charge in [-0.25, -0.2) is 0 Å². The van der Waals surface area contributed by atoms with Gasteiger partial charge >= 0.3 is 0 Å². The number of hydrogen-bond acceptors (Lipinski definition) is 5. The van der Waals surface area contributed by atoms with Crippen LogP contribution in [0, 0.1) is 0 Å². The van der Waals surface area contributed by atoms with Crippen molar-refractivity contribution in [2.75, 3.05) is 33.5 Å². The molecule has 1 aliphatic rings. The first-order valence-corrected chi connectivity index (χ1v) is 11.5. The Bertz CT molecular complexity index is 1080. The molecule has 1 amide bonds. The van der Waals surface area contributed by atoms with Crippen molar-refractivity contribution < 1.29 is 19.0 Å². The summed E-state index contributed by atoms with van der Waals surface area (Å²) in [7, 11) is 1.64. The molecule has 0 saturated heterocycles. The highest BCUT2D eigenvalue weighted by Gasteiger charge is 2.42. The summed E-state index contributed by atoms with van der Waals surface area (Å²) in [5, 5.41) is 7.50. The number of H-pyrrole nitrogens is 1. The number of aromatic nitrogens is 2. The van der Waals surface area contributed by atoms with E-state index in [0.717, 1.165) is 41.0 Å². The molecular formula is C26H31N3O4. The number of nitrogens with one attached hydrogen (secondary N) is 1. The van der Waals surface area contributed by atoms with Gasteiger partial charge in [-0.05, 0) is 31.0 Å². The predicted octanol–water partition coefficient (Wildman–Crippen LogP) is 4.85. The van der Waals surface area contributed by atoms with E-state index in [1.165, 1.54) is 0 Å². The lowest BCUT2D eigenvalue weighted by atomic mass is 9.95. The van der Waals surface area contributed by atoms with Crippen LogP contribution in [0.25, 0.3) is 11.3 Å². The molecule has 0 spiro atoms. The fraction of sp³-hybridized carbons (Fsp3) is 0.385. The standard InChI is InChI=1S/C26H31N3O4/c1-4-6-15-33-20-13-12-19(17-21(20)32-5-2)25-22-23(18-10-8-7-9-11-18)27-28-24(22)26(30)29(25)14-16-31-3/h7-13,17,25H,4-6,14-16H2,1-3H3,(H,27,28). The fourth-order valence-corrected chi connectivity index (χ4v) is 4.19. The van der Waals surface area contributed by atoms with Crippen molar-refractivity contribution in [3.8, 4) is 22.8 Å². The maximum atomic E-state index is 13.3. The van der Waals surface area contributed by atoms with Crippen LogP contribution in [0.1, 0.15) is 54.3 Å². The minimum absolute atomic E-state index is 0.0806. The first kappa shape index (κ1) is 22.9. The third-order valence-electron chi connectivity index (χ3n) is 5.79.